The highest BCUT2D eigenvalue weighted by atomic mass is 32.2. The van der Waals surface area contributed by atoms with Gasteiger partial charge in [0.15, 0.2) is 11.0 Å². The van der Waals surface area contributed by atoms with Gasteiger partial charge in [0.05, 0.1) is 5.69 Å². The van der Waals surface area contributed by atoms with Gasteiger partial charge in [-0.1, -0.05) is 29.5 Å². The number of aliphatic imine (C=N–C) groups is 1. The summed E-state index contributed by atoms with van der Waals surface area (Å²) in [6.45, 7) is 8.34. The molecule has 1 aliphatic heterocycles. The van der Waals surface area contributed by atoms with E-state index < -0.39 is 12.4 Å². The third-order valence-electron chi connectivity index (χ3n) is 6.40. The Morgan fingerprint density at radius 1 is 1.05 bits per heavy atom. The number of carbonyl (C=O) groups excluding carboxylic acids is 1. The van der Waals surface area contributed by atoms with E-state index in [0.29, 0.717) is 27.9 Å². The molecule has 1 unspecified atom stereocenters. The molecule has 0 aliphatic carbocycles. The number of aromatic nitrogens is 3. The molecule has 2 heterocycles. The molecule has 8 nitrogen and oxygen atoms in total. The maximum atomic E-state index is 12.9. The first-order chi connectivity index (χ1) is 19.5. The van der Waals surface area contributed by atoms with Gasteiger partial charge in [-0.05, 0) is 87.4 Å². The number of nitrogens with zero attached hydrogens (tertiary/aromatic N) is 5. The van der Waals surface area contributed by atoms with Crippen LogP contribution in [-0.2, 0) is 0 Å². The Hall–Kier alpha value is -4.32. The van der Waals surface area contributed by atoms with Crippen LogP contribution in [0.1, 0.15) is 23.6 Å². The van der Waals surface area contributed by atoms with Gasteiger partial charge >= 0.3 is 12.4 Å². The Morgan fingerprint density at radius 2 is 1.71 bits per heavy atom. The number of aryl methyl sites for hydroxylation is 3. The Labute approximate surface area is 239 Å². The van der Waals surface area contributed by atoms with Crippen molar-refractivity contribution in [3.05, 3.63) is 83.7 Å². The molecule has 0 spiro atoms. The summed E-state index contributed by atoms with van der Waals surface area (Å²) in [7, 11) is 0. The molecule has 0 radical (unpaired) electrons. The van der Waals surface area contributed by atoms with Crippen molar-refractivity contribution in [2.75, 3.05) is 16.0 Å². The highest BCUT2D eigenvalue weighted by molar-refractivity contribution is 8.14. The number of benzene rings is 3. The molecule has 1 aliphatic rings. The lowest BCUT2D eigenvalue weighted by Crippen LogP contribution is -2.33. The van der Waals surface area contributed by atoms with Gasteiger partial charge in [0.1, 0.15) is 12.1 Å². The SMILES string of the molecule is Cc1cc(C)c(N2C(=NC(=O)Nc3ccc(-c4ncn(-c5ccc(OC(F)(F)F)cc5)n4)cc3)SCC2C)c(C)c1. The number of amidine groups is 1. The lowest BCUT2D eigenvalue weighted by atomic mass is 10.0. The molecule has 1 saturated heterocycles. The Kier molecular flexibility index (Phi) is 7.76. The number of carbonyl (C=O) groups is 1. The second kappa shape index (κ2) is 11.3. The largest absolute Gasteiger partial charge is 0.573 e. The van der Waals surface area contributed by atoms with E-state index >= 15 is 0 Å². The van der Waals surface area contributed by atoms with Gasteiger partial charge in [-0.3, -0.25) is 0 Å². The second-order valence-corrected chi connectivity index (χ2v) is 10.7. The number of alkyl halides is 3. The number of hydrogen-bond donors (Lipinski definition) is 1. The molecule has 1 aromatic heterocycles. The maximum absolute atomic E-state index is 12.9. The fourth-order valence-corrected chi connectivity index (χ4v) is 5.84. The van der Waals surface area contributed by atoms with Gasteiger partial charge < -0.3 is 15.0 Å². The number of halogens is 3. The zero-order valence-electron chi connectivity index (χ0n) is 22.7. The number of urea groups is 1. The molecule has 1 fully saturated rings. The van der Waals surface area contributed by atoms with Crippen molar-refractivity contribution in [1.82, 2.24) is 14.8 Å². The van der Waals surface area contributed by atoms with Crippen LogP contribution in [0.2, 0.25) is 0 Å². The van der Waals surface area contributed by atoms with Crippen molar-refractivity contribution in [2.24, 2.45) is 4.99 Å². The second-order valence-electron chi connectivity index (χ2n) is 9.73. The van der Waals surface area contributed by atoms with Crippen LogP contribution in [0.5, 0.6) is 5.75 Å². The van der Waals surface area contributed by atoms with Crippen LogP contribution in [0, 0.1) is 20.8 Å². The predicted molar refractivity (Wildman–Crippen MR) is 155 cm³/mol. The van der Waals surface area contributed by atoms with E-state index in [4.69, 9.17) is 0 Å². The van der Waals surface area contributed by atoms with E-state index in [-0.39, 0.29) is 11.8 Å². The number of amides is 2. The summed E-state index contributed by atoms with van der Waals surface area (Å²) in [5, 5.41) is 7.89. The molecule has 3 aromatic carbocycles. The third kappa shape index (κ3) is 6.54. The van der Waals surface area contributed by atoms with Crippen molar-refractivity contribution in [3.8, 4) is 22.8 Å². The Balaban J connectivity index is 1.26. The zero-order chi connectivity index (χ0) is 29.3. The molecular weight excluding hydrogens is 553 g/mol. The molecule has 1 atom stereocenters. The van der Waals surface area contributed by atoms with E-state index in [2.05, 4.69) is 69.9 Å². The summed E-state index contributed by atoms with van der Waals surface area (Å²) in [6.07, 6.45) is -3.29. The molecule has 5 rings (SSSR count). The lowest BCUT2D eigenvalue weighted by Gasteiger charge is -2.27. The van der Waals surface area contributed by atoms with Crippen LogP contribution in [0.25, 0.3) is 17.1 Å². The molecule has 0 saturated carbocycles. The topological polar surface area (TPSA) is 84.6 Å². The summed E-state index contributed by atoms with van der Waals surface area (Å²) < 4.78 is 42.5. The Morgan fingerprint density at radius 3 is 2.34 bits per heavy atom. The average molecular weight is 581 g/mol. The van der Waals surface area contributed by atoms with E-state index in [1.54, 1.807) is 36.0 Å². The number of thioether (sulfide) groups is 1. The van der Waals surface area contributed by atoms with Crippen LogP contribution < -0.4 is 15.0 Å². The number of anilines is 2. The standard InChI is InChI=1S/C29H27F3N6O2S/c1-17-13-18(2)25(19(3)14-17)38-20(4)15-41-28(38)35-27(39)34-22-7-5-21(6-8-22)26-33-16-37(36-26)23-9-11-24(12-10-23)40-29(30,31)32/h5-14,16,20H,15H2,1-4H3,(H,34,39). The van der Waals surface area contributed by atoms with Gasteiger partial charge in [-0.2, -0.15) is 4.99 Å². The fourth-order valence-electron chi connectivity index (χ4n) is 4.74. The van der Waals surface area contributed by atoms with Crippen LogP contribution in [0.15, 0.2) is 72.0 Å². The zero-order valence-corrected chi connectivity index (χ0v) is 23.5. The molecular formula is C29H27F3N6O2S. The molecule has 12 heteroatoms. The molecule has 212 valence electrons. The van der Waals surface area contributed by atoms with Crippen LogP contribution in [0.3, 0.4) is 0 Å². The third-order valence-corrected chi connectivity index (χ3v) is 7.59. The van der Waals surface area contributed by atoms with Crippen LogP contribution in [-0.4, -0.2) is 44.1 Å². The highest BCUT2D eigenvalue weighted by Crippen LogP contribution is 2.35. The van der Waals surface area contributed by atoms with E-state index in [1.807, 2.05) is 0 Å². The number of hydrogen-bond acceptors (Lipinski definition) is 5. The van der Waals surface area contributed by atoms with Gasteiger partial charge in [0, 0.05) is 28.7 Å². The first-order valence-electron chi connectivity index (χ1n) is 12.7. The Bertz CT molecular complexity index is 1580. The number of rotatable bonds is 5. The van der Waals surface area contributed by atoms with Crippen molar-refractivity contribution in [2.45, 2.75) is 40.1 Å². The van der Waals surface area contributed by atoms with Gasteiger partial charge in [0.25, 0.3) is 0 Å². The maximum Gasteiger partial charge on any atom is 0.573 e. The summed E-state index contributed by atoms with van der Waals surface area (Å²) >= 11 is 1.56. The monoisotopic (exact) mass is 580 g/mol. The van der Waals surface area contributed by atoms with Crippen molar-refractivity contribution >= 4 is 34.3 Å². The lowest BCUT2D eigenvalue weighted by molar-refractivity contribution is -0.274. The van der Waals surface area contributed by atoms with Gasteiger partial charge in [0.2, 0.25) is 0 Å². The smallest absolute Gasteiger partial charge is 0.406 e. The predicted octanol–water partition coefficient (Wildman–Crippen LogP) is 7.29. The minimum atomic E-state index is -4.76. The summed E-state index contributed by atoms with van der Waals surface area (Å²) in [5.74, 6) is 0.923. The van der Waals surface area contributed by atoms with Crippen molar-refractivity contribution in [3.63, 3.8) is 0 Å². The molecule has 2 amide bonds. The minimum Gasteiger partial charge on any atom is -0.406 e. The minimum absolute atomic E-state index is 0.199. The van der Waals surface area contributed by atoms with Gasteiger partial charge in [-0.25, -0.2) is 14.5 Å². The summed E-state index contributed by atoms with van der Waals surface area (Å²) in [5.41, 5.74) is 6.34. The van der Waals surface area contributed by atoms with Gasteiger partial charge in [-0.15, -0.1) is 18.3 Å². The van der Waals surface area contributed by atoms with Crippen molar-refractivity contribution < 1.29 is 22.7 Å². The average Bonchev–Trinajstić information content (AvgIpc) is 3.51. The quantitative estimate of drug-likeness (QED) is 0.267. The highest BCUT2D eigenvalue weighted by Gasteiger charge is 2.32. The number of nitrogens with one attached hydrogen (secondary N) is 1. The van der Waals surface area contributed by atoms with Crippen LogP contribution in [0.4, 0.5) is 29.3 Å². The molecule has 0 bridgehead atoms. The first kappa shape index (κ1) is 28.2. The van der Waals surface area contributed by atoms with E-state index in [1.165, 1.54) is 40.8 Å². The summed E-state index contributed by atoms with van der Waals surface area (Å²) in [6, 6.07) is 16.3. The summed E-state index contributed by atoms with van der Waals surface area (Å²) in [4.78, 5) is 23.7. The molecule has 4 aromatic rings. The van der Waals surface area contributed by atoms with Crippen LogP contribution >= 0.6 is 11.8 Å². The molecule has 1 N–H and O–H groups in total. The fraction of sp³-hybridized carbons (Fsp3) is 0.241. The van der Waals surface area contributed by atoms with Crippen molar-refractivity contribution in [1.29, 1.82) is 0 Å². The normalized spacial score (nSPS) is 16.3. The molecule has 41 heavy (non-hydrogen) atoms. The number of ether oxygens (including phenoxy) is 1. The van der Waals surface area contributed by atoms with E-state index in [0.717, 1.165) is 22.6 Å². The van der Waals surface area contributed by atoms with E-state index in [9.17, 15) is 18.0 Å². The first-order valence-corrected chi connectivity index (χ1v) is 13.7.